The highest BCUT2D eigenvalue weighted by Gasteiger charge is 2.33. The van der Waals surface area contributed by atoms with Gasteiger partial charge in [-0.25, -0.2) is 0 Å². The van der Waals surface area contributed by atoms with E-state index in [4.69, 9.17) is 0 Å². The van der Waals surface area contributed by atoms with Gasteiger partial charge in [0.1, 0.15) is 4.91 Å². The summed E-state index contributed by atoms with van der Waals surface area (Å²) in [5.74, 6) is -0.0168. The predicted molar refractivity (Wildman–Crippen MR) is 78.0 cm³/mol. The Morgan fingerprint density at radius 1 is 1.21 bits per heavy atom. The maximum absolute atomic E-state index is 11.8. The maximum atomic E-state index is 11.8. The first-order valence-electron chi connectivity index (χ1n) is 6.40. The van der Waals surface area contributed by atoms with Crippen LogP contribution in [-0.2, 0) is 10.1 Å². The lowest BCUT2D eigenvalue weighted by molar-refractivity contribution is 0.495. The fraction of sp³-hybridized carbons (Fsp3) is 0.333. The summed E-state index contributed by atoms with van der Waals surface area (Å²) in [6.07, 6.45) is 1.36. The van der Waals surface area contributed by atoms with E-state index in [0.29, 0.717) is 12.0 Å². The van der Waals surface area contributed by atoms with Gasteiger partial charge in [-0.2, -0.15) is 8.42 Å². The Balaban J connectivity index is 2.86. The molecule has 2 rings (SSSR count). The first kappa shape index (κ1) is 14.0. The van der Waals surface area contributed by atoms with Gasteiger partial charge in [0.05, 0.1) is 0 Å². The lowest BCUT2D eigenvalue weighted by Crippen LogP contribution is -2.18. The molecule has 0 fully saturated rings. The van der Waals surface area contributed by atoms with Crippen molar-refractivity contribution in [2.75, 3.05) is 0 Å². The average Bonchev–Trinajstić information content (AvgIpc) is 2.36. The molecule has 0 spiro atoms. The van der Waals surface area contributed by atoms with Crippen LogP contribution in [0.5, 0.6) is 0 Å². The summed E-state index contributed by atoms with van der Waals surface area (Å²) in [7, 11) is -4.23. The SMILES string of the molecule is C=C1c2ccccc2C(S(=O)(=O)O)=C(CC)C1CC. The first-order valence-corrected chi connectivity index (χ1v) is 7.84. The number of fused-ring (bicyclic) bond motifs is 1. The summed E-state index contributed by atoms with van der Waals surface area (Å²) < 4.78 is 33.1. The summed E-state index contributed by atoms with van der Waals surface area (Å²) in [6, 6.07) is 7.22. The molecular formula is C15H18O3S. The smallest absolute Gasteiger partial charge is 0.282 e. The minimum absolute atomic E-state index is 0.0168. The van der Waals surface area contributed by atoms with Crippen molar-refractivity contribution in [2.45, 2.75) is 26.7 Å². The van der Waals surface area contributed by atoms with E-state index in [1.165, 1.54) is 0 Å². The molecule has 1 N–H and O–H groups in total. The topological polar surface area (TPSA) is 54.4 Å². The van der Waals surface area contributed by atoms with E-state index in [0.717, 1.165) is 23.1 Å². The highest BCUT2D eigenvalue weighted by Crippen LogP contribution is 2.45. The van der Waals surface area contributed by atoms with Crippen LogP contribution in [0.15, 0.2) is 36.4 Å². The van der Waals surface area contributed by atoms with Gasteiger partial charge in [0.2, 0.25) is 0 Å². The van der Waals surface area contributed by atoms with Crippen LogP contribution in [0.3, 0.4) is 0 Å². The molecule has 102 valence electrons. The molecule has 1 aromatic rings. The summed E-state index contributed by atoms with van der Waals surface area (Å²) in [5, 5.41) is 0. The Morgan fingerprint density at radius 3 is 2.26 bits per heavy atom. The third-order valence-corrected chi connectivity index (χ3v) is 4.70. The second-order valence-electron chi connectivity index (χ2n) is 4.71. The van der Waals surface area contributed by atoms with Crippen LogP contribution in [0, 0.1) is 5.92 Å². The van der Waals surface area contributed by atoms with E-state index in [2.05, 4.69) is 6.58 Å². The first-order chi connectivity index (χ1) is 8.91. The minimum Gasteiger partial charge on any atom is -0.282 e. The van der Waals surface area contributed by atoms with Crippen LogP contribution in [0.2, 0.25) is 0 Å². The van der Waals surface area contributed by atoms with Crippen molar-refractivity contribution in [1.82, 2.24) is 0 Å². The van der Waals surface area contributed by atoms with Crippen molar-refractivity contribution >= 4 is 20.6 Å². The van der Waals surface area contributed by atoms with Crippen molar-refractivity contribution in [1.29, 1.82) is 0 Å². The van der Waals surface area contributed by atoms with Crippen molar-refractivity contribution in [3.63, 3.8) is 0 Å². The molecule has 4 heteroatoms. The van der Waals surface area contributed by atoms with E-state index in [9.17, 15) is 13.0 Å². The molecule has 0 aromatic heterocycles. The number of hydrogen-bond donors (Lipinski definition) is 1. The van der Waals surface area contributed by atoms with Gasteiger partial charge in [-0.3, -0.25) is 4.55 Å². The molecule has 19 heavy (non-hydrogen) atoms. The maximum Gasteiger partial charge on any atom is 0.295 e. The second-order valence-corrected chi connectivity index (χ2v) is 6.07. The molecular weight excluding hydrogens is 260 g/mol. The van der Waals surface area contributed by atoms with E-state index >= 15 is 0 Å². The fourth-order valence-corrected chi connectivity index (χ4v) is 3.97. The molecule has 0 radical (unpaired) electrons. The number of rotatable bonds is 3. The van der Waals surface area contributed by atoms with Gasteiger partial charge in [-0.15, -0.1) is 0 Å². The molecule has 3 nitrogen and oxygen atoms in total. The molecule has 1 aliphatic carbocycles. The monoisotopic (exact) mass is 278 g/mol. The van der Waals surface area contributed by atoms with Crippen LogP contribution in [0.1, 0.15) is 37.8 Å². The Bertz CT molecular complexity index is 654. The normalized spacial score (nSPS) is 19.5. The third-order valence-electron chi connectivity index (χ3n) is 3.70. The summed E-state index contributed by atoms with van der Waals surface area (Å²) >= 11 is 0. The van der Waals surface area contributed by atoms with Crippen molar-refractivity contribution < 1.29 is 13.0 Å². The van der Waals surface area contributed by atoms with Crippen molar-refractivity contribution in [3.8, 4) is 0 Å². The number of benzene rings is 1. The van der Waals surface area contributed by atoms with Crippen molar-refractivity contribution in [3.05, 3.63) is 47.5 Å². The molecule has 1 aromatic carbocycles. The summed E-state index contributed by atoms with van der Waals surface area (Å²) in [6.45, 7) is 8.02. The predicted octanol–water partition coefficient (Wildman–Crippen LogP) is 3.75. The van der Waals surface area contributed by atoms with Crippen LogP contribution in [-0.4, -0.2) is 13.0 Å². The van der Waals surface area contributed by atoms with Crippen LogP contribution < -0.4 is 0 Å². The van der Waals surface area contributed by atoms with Crippen LogP contribution in [0.4, 0.5) is 0 Å². The highest BCUT2D eigenvalue weighted by atomic mass is 32.2. The standard InChI is InChI=1S/C15H18O3S/c1-4-11-10(3)13-8-6-7-9-14(13)15(12(11)5-2)19(16,17)18/h6-9,11H,3-5H2,1-2H3,(H,16,17,18). The molecule has 1 aliphatic rings. The van der Waals surface area contributed by atoms with E-state index in [-0.39, 0.29) is 10.8 Å². The average molecular weight is 278 g/mol. The zero-order chi connectivity index (χ0) is 14.2. The van der Waals surface area contributed by atoms with E-state index < -0.39 is 10.1 Å². The third kappa shape index (κ3) is 2.26. The van der Waals surface area contributed by atoms with E-state index in [1.807, 2.05) is 26.0 Å². The Hall–Kier alpha value is -1.39. The molecule has 1 unspecified atom stereocenters. The summed E-state index contributed by atoms with van der Waals surface area (Å²) in [5.41, 5.74) is 3.08. The van der Waals surface area contributed by atoms with Crippen LogP contribution in [0.25, 0.3) is 10.5 Å². The Kier molecular flexibility index (Phi) is 3.65. The van der Waals surface area contributed by atoms with Gasteiger partial charge in [0.25, 0.3) is 10.1 Å². The molecule has 0 saturated carbocycles. The van der Waals surface area contributed by atoms with Gasteiger partial charge in [-0.05, 0) is 29.6 Å². The number of hydrogen-bond acceptors (Lipinski definition) is 2. The largest absolute Gasteiger partial charge is 0.295 e. The van der Waals surface area contributed by atoms with Gasteiger partial charge in [0.15, 0.2) is 0 Å². The lowest BCUT2D eigenvalue weighted by atomic mass is 9.77. The summed E-state index contributed by atoms with van der Waals surface area (Å²) in [4.78, 5) is 0.0739. The highest BCUT2D eigenvalue weighted by molar-refractivity contribution is 7.95. The minimum atomic E-state index is -4.23. The van der Waals surface area contributed by atoms with Gasteiger partial charge < -0.3 is 0 Å². The molecule has 0 saturated heterocycles. The zero-order valence-electron chi connectivity index (χ0n) is 11.2. The molecule has 0 aliphatic heterocycles. The number of allylic oxidation sites excluding steroid dienone is 2. The second kappa shape index (κ2) is 4.94. The molecule has 0 amide bonds. The lowest BCUT2D eigenvalue weighted by Gasteiger charge is -2.30. The van der Waals surface area contributed by atoms with Crippen molar-refractivity contribution in [2.24, 2.45) is 5.92 Å². The molecule has 1 atom stereocenters. The fourth-order valence-electron chi connectivity index (χ4n) is 2.89. The van der Waals surface area contributed by atoms with Gasteiger partial charge >= 0.3 is 0 Å². The van der Waals surface area contributed by atoms with Gasteiger partial charge in [0, 0.05) is 11.5 Å². The molecule has 0 heterocycles. The van der Waals surface area contributed by atoms with Gasteiger partial charge in [-0.1, -0.05) is 44.7 Å². The Morgan fingerprint density at radius 2 is 1.79 bits per heavy atom. The quantitative estimate of drug-likeness (QED) is 0.857. The molecule has 0 bridgehead atoms. The zero-order valence-corrected chi connectivity index (χ0v) is 12.0. The van der Waals surface area contributed by atoms with Crippen LogP contribution >= 0.6 is 0 Å². The Labute approximate surface area is 114 Å². The van der Waals surface area contributed by atoms with E-state index in [1.54, 1.807) is 12.1 Å².